The Morgan fingerprint density at radius 2 is 1.92 bits per heavy atom. The Balaban J connectivity index is 1.52. The Bertz CT molecular complexity index is 1300. The van der Waals surface area contributed by atoms with Crippen molar-refractivity contribution < 1.29 is 18.3 Å². The Kier molecular flexibility index (Phi) is 6.93. The summed E-state index contributed by atoms with van der Waals surface area (Å²) in [5.41, 5.74) is 5.70. The van der Waals surface area contributed by atoms with Crippen LogP contribution in [0.15, 0.2) is 18.3 Å². The van der Waals surface area contributed by atoms with Crippen LogP contribution in [0.25, 0.3) is 11.2 Å². The zero-order chi connectivity index (χ0) is 26.3. The Morgan fingerprint density at radius 3 is 2.57 bits per heavy atom. The average molecular weight is 534 g/mol. The molecule has 0 radical (unpaired) electrons. The van der Waals surface area contributed by atoms with Gasteiger partial charge in [-0.1, -0.05) is 18.5 Å². The van der Waals surface area contributed by atoms with Crippen LogP contribution in [0, 0.1) is 17.0 Å². The van der Waals surface area contributed by atoms with Crippen molar-refractivity contribution in [2.24, 2.45) is 11.1 Å². The van der Waals surface area contributed by atoms with Crippen molar-refractivity contribution in [3.8, 4) is 0 Å². The molecular weight excluding hydrogens is 504 g/mol. The number of anilines is 3. The lowest BCUT2D eigenvalue weighted by molar-refractivity contribution is -0.128. The van der Waals surface area contributed by atoms with Crippen LogP contribution in [-0.2, 0) is 9.53 Å². The highest BCUT2D eigenvalue weighted by molar-refractivity contribution is 6.30. The maximum absolute atomic E-state index is 14.6. The van der Waals surface area contributed by atoms with Crippen molar-refractivity contribution in [3.63, 3.8) is 0 Å². The van der Waals surface area contributed by atoms with Gasteiger partial charge in [0.05, 0.1) is 12.3 Å². The molecule has 12 heteroatoms. The van der Waals surface area contributed by atoms with Gasteiger partial charge in [0.2, 0.25) is 17.8 Å². The predicted molar refractivity (Wildman–Crippen MR) is 137 cm³/mol. The van der Waals surface area contributed by atoms with Crippen LogP contribution in [0.3, 0.4) is 0 Å². The first-order chi connectivity index (χ1) is 17.6. The van der Waals surface area contributed by atoms with Gasteiger partial charge in [-0.25, -0.2) is 18.7 Å². The molecule has 9 nitrogen and oxygen atoms in total. The number of rotatable bonds is 6. The number of benzene rings is 1. The predicted octanol–water partition coefficient (Wildman–Crippen LogP) is 5.09. The van der Waals surface area contributed by atoms with Crippen molar-refractivity contribution in [3.05, 3.63) is 35.0 Å². The minimum absolute atomic E-state index is 0.0453. The number of carbonyl (C=O) groups excluding carboxylic acids is 1. The third-order valence-electron chi connectivity index (χ3n) is 7.51. The Labute approximate surface area is 218 Å². The second-order valence-corrected chi connectivity index (χ2v) is 10.7. The molecular formula is C25H30ClF2N7O2. The SMILES string of the molecule is C[C@H]1C[C@@H](Nc2ncc3nc(Nc4c(F)cc(Cl)cc4F)n(C4CCC(C)(C(N)=O)CC4)c3n2)CCO1. The van der Waals surface area contributed by atoms with Gasteiger partial charge in [0, 0.05) is 29.1 Å². The van der Waals surface area contributed by atoms with E-state index in [4.69, 9.17) is 27.1 Å². The molecule has 1 aliphatic carbocycles. The zero-order valence-electron chi connectivity index (χ0n) is 20.7. The Hall–Kier alpha value is -3.05. The number of ether oxygens (including phenoxy) is 1. The molecule has 0 unspecified atom stereocenters. The van der Waals surface area contributed by atoms with Gasteiger partial charge < -0.3 is 21.1 Å². The van der Waals surface area contributed by atoms with E-state index in [0.717, 1.165) is 25.0 Å². The number of primary amides is 1. The molecule has 1 amide bonds. The van der Waals surface area contributed by atoms with Gasteiger partial charge in [-0.05, 0) is 57.6 Å². The highest BCUT2D eigenvalue weighted by atomic mass is 35.5. The maximum Gasteiger partial charge on any atom is 0.224 e. The smallest absolute Gasteiger partial charge is 0.224 e. The average Bonchev–Trinajstić information content (AvgIpc) is 3.19. The molecule has 37 heavy (non-hydrogen) atoms. The summed E-state index contributed by atoms with van der Waals surface area (Å²) in [6.07, 6.45) is 5.79. The monoisotopic (exact) mass is 533 g/mol. The minimum atomic E-state index is -0.837. The van der Waals surface area contributed by atoms with Gasteiger partial charge in [0.25, 0.3) is 0 Å². The molecule has 1 saturated carbocycles. The number of imidazole rings is 1. The van der Waals surface area contributed by atoms with Gasteiger partial charge in [0.1, 0.15) is 11.2 Å². The van der Waals surface area contributed by atoms with E-state index in [0.29, 0.717) is 49.4 Å². The zero-order valence-corrected chi connectivity index (χ0v) is 21.5. The first-order valence-electron chi connectivity index (χ1n) is 12.5. The highest BCUT2D eigenvalue weighted by Crippen LogP contribution is 2.43. The van der Waals surface area contributed by atoms with Gasteiger partial charge in [-0.3, -0.25) is 9.36 Å². The lowest BCUT2D eigenvalue weighted by Gasteiger charge is -2.35. The van der Waals surface area contributed by atoms with E-state index in [9.17, 15) is 13.6 Å². The number of aromatic nitrogens is 4. The summed E-state index contributed by atoms with van der Waals surface area (Å²) in [6, 6.07) is 2.12. The van der Waals surface area contributed by atoms with E-state index in [2.05, 4.69) is 20.6 Å². The van der Waals surface area contributed by atoms with Crippen LogP contribution >= 0.6 is 11.6 Å². The van der Waals surface area contributed by atoms with Crippen LogP contribution in [0.4, 0.5) is 26.4 Å². The molecule has 2 atom stereocenters. The number of amides is 1. The summed E-state index contributed by atoms with van der Waals surface area (Å²) in [6.45, 7) is 4.56. The molecule has 1 saturated heterocycles. The number of hydrogen-bond donors (Lipinski definition) is 3. The highest BCUT2D eigenvalue weighted by Gasteiger charge is 2.38. The molecule has 0 bridgehead atoms. The van der Waals surface area contributed by atoms with Crippen molar-refractivity contribution >= 4 is 46.3 Å². The lowest BCUT2D eigenvalue weighted by atomic mass is 9.73. The fraction of sp³-hybridized carbons (Fsp3) is 0.520. The fourth-order valence-corrected chi connectivity index (χ4v) is 5.42. The number of carbonyl (C=O) groups is 1. The van der Waals surface area contributed by atoms with Gasteiger partial charge >= 0.3 is 0 Å². The van der Waals surface area contributed by atoms with Crippen molar-refractivity contribution in [2.75, 3.05) is 17.2 Å². The van der Waals surface area contributed by atoms with Crippen molar-refractivity contribution in [1.82, 2.24) is 19.5 Å². The second-order valence-electron chi connectivity index (χ2n) is 10.3. The number of hydrogen-bond acceptors (Lipinski definition) is 7. The summed E-state index contributed by atoms with van der Waals surface area (Å²) in [5, 5.41) is 6.16. The van der Waals surface area contributed by atoms with Gasteiger partial charge in [0.15, 0.2) is 17.3 Å². The number of nitrogens with zero attached hydrogens (tertiary/aromatic N) is 4. The number of nitrogens with one attached hydrogen (secondary N) is 2. The molecule has 1 aromatic carbocycles. The fourth-order valence-electron chi connectivity index (χ4n) is 5.22. The van der Waals surface area contributed by atoms with E-state index in [1.54, 1.807) is 6.20 Å². The summed E-state index contributed by atoms with van der Waals surface area (Å²) in [4.78, 5) is 25.8. The molecule has 5 rings (SSSR count). The molecule has 2 aliphatic rings. The van der Waals surface area contributed by atoms with Crippen molar-refractivity contribution in [1.29, 1.82) is 0 Å². The van der Waals surface area contributed by atoms with Crippen LogP contribution in [-0.4, -0.2) is 44.2 Å². The molecule has 2 aromatic heterocycles. The largest absolute Gasteiger partial charge is 0.378 e. The number of nitrogens with two attached hydrogens (primary N) is 1. The molecule has 198 valence electrons. The van der Waals surface area contributed by atoms with E-state index in [-0.39, 0.29) is 40.8 Å². The van der Waals surface area contributed by atoms with Crippen LogP contribution in [0.1, 0.15) is 58.4 Å². The molecule has 0 spiro atoms. The first-order valence-corrected chi connectivity index (χ1v) is 12.9. The van der Waals surface area contributed by atoms with E-state index in [1.165, 1.54) is 0 Å². The van der Waals surface area contributed by atoms with Gasteiger partial charge in [-0.2, -0.15) is 4.98 Å². The van der Waals surface area contributed by atoms with E-state index in [1.807, 2.05) is 18.4 Å². The molecule has 1 aliphatic heterocycles. The summed E-state index contributed by atoms with van der Waals surface area (Å²) in [5.74, 6) is -1.33. The first kappa shape index (κ1) is 25.6. The van der Waals surface area contributed by atoms with Crippen LogP contribution < -0.4 is 16.4 Å². The molecule has 3 heterocycles. The second kappa shape index (κ2) is 10.0. The van der Waals surface area contributed by atoms with E-state index < -0.39 is 17.0 Å². The quantitative estimate of drug-likeness (QED) is 0.404. The number of fused-ring (bicyclic) bond motifs is 1. The van der Waals surface area contributed by atoms with Gasteiger partial charge in [-0.15, -0.1) is 0 Å². The van der Waals surface area contributed by atoms with E-state index >= 15 is 0 Å². The standard InChI is InChI=1S/C25H30ClF2N7O2/c1-13-9-15(5-8-37-13)31-23-30-12-19-21(34-23)35(16-3-6-25(2,7-4-16)22(29)36)24(32-19)33-20-17(27)10-14(26)11-18(20)28/h10-13,15-16H,3-9H2,1-2H3,(H2,29,36)(H,32,33)(H,30,31,34)/t13-,15-,16?,25?/m0/s1. The van der Waals surface area contributed by atoms with Crippen molar-refractivity contribution in [2.45, 2.75) is 70.6 Å². The number of halogens is 3. The minimum Gasteiger partial charge on any atom is -0.378 e. The topological polar surface area (TPSA) is 120 Å². The third-order valence-corrected chi connectivity index (χ3v) is 7.73. The van der Waals surface area contributed by atoms with Crippen LogP contribution in [0.5, 0.6) is 0 Å². The molecule has 2 fully saturated rings. The Morgan fingerprint density at radius 1 is 1.22 bits per heavy atom. The summed E-state index contributed by atoms with van der Waals surface area (Å²) in [7, 11) is 0. The molecule has 3 aromatic rings. The molecule has 4 N–H and O–H groups in total. The normalized spacial score (nSPS) is 26.2. The summed E-state index contributed by atoms with van der Waals surface area (Å²) < 4.78 is 36.8. The lowest BCUT2D eigenvalue weighted by Crippen LogP contribution is -2.38. The maximum atomic E-state index is 14.6. The third kappa shape index (κ3) is 5.19. The summed E-state index contributed by atoms with van der Waals surface area (Å²) >= 11 is 5.80. The van der Waals surface area contributed by atoms with Crippen LogP contribution in [0.2, 0.25) is 5.02 Å².